The van der Waals surface area contributed by atoms with Gasteiger partial charge in [-0.15, -0.1) is 0 Å². The molecule has 1 amide bonds. The number of hydrogen-bond acceptors (Lipinski definition) is 2. The van der Waals surface area contributed by atoms with Gasteiger partial charge in [-0.3, -0.25) is 0 Å². The van der Waals surface area contributed by atoms with Crippen molar-refractivity contribution in [1.29, 1.82) is 0 Å². The maximum Gasteiger partial charge on any atom is 0.414 e. The molecule has 102 valence electrons. The molecule has 0 atom stereocenters. The number of amides is 1. The van der Waals surface area contributed by atoms with Gasteiger partial charge in [0.15, 0.2) is 0 Å². The fraction of sp³-hybridized carbons (Fsp3) is 0.118. The minimum atomic E-state index is -0.394. The van der Waals surface area contributed by atoms with Crippen LogP contribution in [-0.2, 0) is 4.74 Å². The molecule has 0 N–H and O–H groups in total. The lowest BCUT2D eigenvalue weighted by atomic mass is 9.99. The predicted molar refractivity (Wildman–Crippen MR) is 80.1 cm³/mol. The van der Waals surface area contributed by atoms with Crippen molar-refractivity contribution in [3.8, 4) is 0 Å². The number of carbonyl (C=O) groups excluding carboxylic acids is 1. The van der Waals surface area contributed by atoms with E-state index in [1.165, 1.54) is 11.2 Å². The number of ether oxygens (including phenoxy) is 1. The van der Waals surface area contributed by atoms with Gasteiger partial charge < -0.3 is 9.64 Å². The van der Waals surface area contributed by atoms with Crippen LogP contribution in [0.4, 0.5) is 4.79 Å². The van der Waals surface area contributed by atoms with Crippen LogP contribution in [0.15, 0.2) is 66.9 Å². The molecule has 0 saturated carbocycles. The number of carbonyl (C=O) groups is 1. The van der Waals surface area contributed by atoms with Crippen molar-refractivity contribution in [3.05, 3.63) is 78.1 Å². The Bertz CT molecular complexity index is 547. The van der Waals surface area contributed by atoms with Crippen molar-refractivity contribution in [2.24, 2.45) is 0 Å². The van der Waals surface area contributed by atoms with Gasteiger partial charge in [-0.2, -0.15) is 0 Å². The monoisotopic (exact) mass is 267 g/mol. The number of rotatable bonds is 3. The third-order valence-electron chi connectivity index (χ3n) is 2.81. The highest BCUT2D eigenvalue weighted by molar-refractivity contribution is 5.80. The summed E-state index contributed by atoms with van der Waals surface area (Å²) in [6.07, 6.45) is 1.11. The molecule has 0 heterocycles. The molecule has 0 saturated heterocycles. The van der Waals surface area contributed by atoms with Crippen molar-refractivity contribution in [2.75, 3.05) is 14.1 Å². The summed E-state index contributed by atoms with van der Waals surface area (Å²) in [5.41, 5.74) is 2.89. The Morgan fingerprint density at radius 2 is 1.35 bits per heavy atom. The Hall–Kier alpha value is -2.55. The summed E-state index contributed by atoms with van der Waals surface area (Å²) in [4.78, 5) is 13.0. The summed E-state index contributed by atoms with van der Waals surface area (Å²) in [6.45, 7) is 0. The third kappa shape index (κ3) is 3.48. The highest BCUT2D eigenvalue weighted by atomic mass is 16.5. The third-order valence-corrected chi connectivity index (χ3v) is 2.81. The first-order valence-corrected chi connectivity index (χ1v) is 6.37. The molecule has 2 aromatic carbocycles. The van der Waals surface area contributed by atoms with E-state index in [0.29, 0.717) is 0 Å². The topological polar surface area (TPSA) is 29.5 Å². The Kier molecular flexibility index (Phi) is 4.56. The largest absolute Gasteiger partial charge is 0.417 e. The molecule has 0 aromatic heterocycles. The van der Waals surface area contributed by atoms with Gasteiger partial charge in [-0.05, 0) is 11.1 Å². The van der Waals surface area contributed by atoms with Crippen LogP contribution in [0.25, 0.3) is 5.57 Å². The molecule has 0 fully saturated rings. The second kappa shape index (κ2) is 6.57. The fourth-order valence-corrected chi connectivity index (χ4v) is 1.75. The van der Waals surface area contributed by atoms with Gasteiger partial charge in [0.1, 0.15) is 6.26 Å². The van der Waals surface area contributed by atoms with Crippen LogP contribution >= 0.6 is 0 Å². The zero-order valence-corrected chi connectivity index (χ0v) is 11.6. The van der Waals surface area contributed by atoms with E-state index in [2.05, 4.69) is 0 Å². The quantitative estimate of drug-likeness (QED) is 0.792. The lowest BCUT2D eigenvalue weighted by Gasteiger charge is -2.11. The molecule has 3 nitrogen and oxygen atoms in total. The van der Waals surface area contributed by atoms with E-state index >= 15 is 0 Å². The van der Waals surface area contributed by atoms with Gasteiger partial charge in [0.05, 0.1) is 0 Å². The molecule has 2 rings (SSSR count). The Labute approximate surface area is 119 Å². The first kappa shape index (κ1) is 13.9. The molecule has 0 radical (unpaired) electrons. The van der Waals surface area contributed by atoms with E-state index in [1.54, 1.807) is 14.1 Å². The summed E-state index contributed by atoms with van der Waals surface area (Å²) in [5, 5.41) is 0. The van der Waals surface area contributed by atoms with E-state index in [9.17, 15) is 4.79 Å². The van der Waals surface area contributed by atoms with Gasteiger partial charge in [0.2, 0.25) is 0 Å². The maximum absolute atomic E-state index is 11.6. The van der Waals surface area contributed by atoms with Gasteiger partial charge in [0.25, 0.3) is 0 Å². The normalized spacial score (nSPS) is 9.70. The lowest BCUT2D eigenvalue weighted by Crippen LogP contribution is -2.20. The van der Waals surface area contributed by atoms with E-state index in [1.807, 2.05) is 60.7 Å². The van der Waals surface area contributed by atoms with Gasteiger partial charge in [-0.25, -0.2) is 4.79 Å². The zero-order valence-electron chi connectivity index (χ0n) is 11.6. The summed E-state index contributed by atoms with van der Waals surface area (Å²) in [7, 11) is 3.31. The van der Waals surface area contributed by atoms with Crippen LogP contribution in [-0.4, -0.2) is 25.1 Å². The molecule has 2 aromatic rings. The van der Waals surface area contributed by atoms with Crippen LogP contribution in [0.5, 0.6) is 0 Å². The molecular weight excluding hydrogens is 250 g/mol. The number of hydrogen-bond donors (Lipinski definition) is 0. The van der Waals surface area contributed by atoms with Crippen molar-refractivity contribution in [1.82, 2.24) is 4.90 Å². The van der Waals surface area contributed by atoms with Gasteiger partial charge >= 0.3 is 6.09 Å². The first-order chi connectivity index (χ1) is 9.68. The highest BCUT2D eigenvalue weighted by Gasteiger charge is 2.08. The molecule has 0 aliphatic rings. The van der Waals surface area contributed by atoms with Crippen LogP contribution in [0.2, 0.25) is 0 Å². The second-order valence-corrected chi connectivity index (χ2v) is 4.54. The second-order valence-electron chi connectivity index (χ2n) is 4.54. The molecule has 0 aliphatic heterocycles. The average Bonchev–Trinajstić information content (AvgIpc) is 2.49. The fourth-order valence-electron chi connectivity index (χ4n) is 1.75. The molecule has 0 unspecified atom stereocenters. The lowest BCUT2D eigenvalue weighted by molar-refractivity contribution is 0.156. The van der Waals surface area contributed by atoms with Crippen LogP contribution < -0.4 is 0 Å². The summed E-state index contributed by atoms with van der Waals surface area (Å²) in [6, 6.07) is 19.7. The van der Waals surface area contributed by atoms with E-state index in [-0.39, 0.29) is 0 Å². The van der Waals surface area contributed by atoms with Crippen LogP contribution in [0.1, 0.15) is 11.1 Å². The summed E-state index contributed by atoms with van der Waals surface area (Å²) < 4.78 is 5.20. The number of nitrogens with zero attached hydrogens (tertiary/aromatic N) is 1. The summed E-state index contributed by atoms with van der Waals surface area (Å²) >= 11 is 0. The smallest absolute Gasteiger partial charge is 0.414 e. The summed E-state index contributed by atoms with van der Waals surface area (Å²) in [5.74, 6) is 0. The SMILES string of the molecule is CN(C)C(=O)OC=C(c1ccccc1)c1ccccc1. The Morgan fingerprint density at radius 3 is 1.75 bits per heavy atom. The number of benzene rings is 2. The minimum absolute atomic E-state index is 0.394. The van der Waals surface area contributed by atoms with Crippen molar-refractivity contribution < 1.29 is 9.53 Å². The molecule has 0 aliphatic carbocycles. The molecule has 0 bridgehead atoms. The molecule has 20 heavy (non-hydrogen) atoms. The molecular formula is C17H17NO2. The first-order valence-electron chi connectivity index (χ1n) is 6.37. The molecule has 0 spiro atoms. The van der Waals surface area contributed by atoms with Crippen molar-refractivity contribution in [3.63, 3.8) is 0 Å². The van der Waals surface area contributed by atoms with Crippen molar-refractivity contribution >= 4 is 11.7 Å². The zero-order chi connectivity index (χ0) is 14.4. The predicted octanol–water partition coefficient (Wildman–Crippen LogP) is 3.77. The standard InChI is InChI=1S/C17H17NO2/c1-18(2)17(19)20-13-16(14-9-5-3-6-10-14)15-11-7-4-8-12-15/h3-13H,1-2H3. The van der Waals surface area contributed by atoms with Crippen molar-refractivity contribution in [2.45, 2.75) is 0 Å². The average molecular weight is 267 g/mol. The van der Waals surface area contributed by atoms with Gasteiger partial charge in [-0.1, -0.05) is 60.7 Å². The Morgan fingerprint density at radius 1 is 0.900 bits per heavy atom. The van der Waals surface area contributed by atoms with Gasteiger partial charge in [0, 0.05) is 19.7 Å². The minimum Gasteiger partial charge on any atom is -0.417 e. The van der Waals surface area contributed by atoms with E-state index < -0.39 is 6.09 Å². The van der Waals surface area contributed by atoms with E-state index in [4.69, 9.17) is 4.74 Å². The van der Waals surface area contributed by atoms with E-state index in [0.717, 1.165) is 16.7 Å². The Balaban J connectivity index is 2.35. The van der Waals surface area contributed by atoms with Crippen LogP contribution in [0, 0.1) is 0 Å². The highest BCUT2D eigenvalue weighted by Crippen LogP contribution is 2.23. The van der Waals surface area contributed by atoms with Crippen LogP contribution in [0.3, 0.4) is 0 Å². The molecule has 3 heteroatoms. The maximum atomic E-state index is 11.6.